The summed E-state index contributed by atoms with van der Waals surface area (Å²) in [6, 6.07) is 23.2. The fourth-order valence-electron chi connectivity index (χ4n) is 3.00. The van der Waals surface area contributed by atoms with E-state index in [0.29, 0.717) is 28.3 Å². The first-order valence-corrected chi connectivity index (χ1v) is 10.8. The van der Waals surface area contributed by atoms with Crippen LogP contribution in [0.4, 0.5) is 5.69 Å². The maximum absolute atomic E-state index is 12.3. The number of oxazole rings is 1. The normalized spacial score (nSPS) is 11.4. The molecule has 3 aromatic carbocycles. The second-order valence-electron chi connectivity index (χ2n) is 6.63. The lowest BCUT2D eigenvalue weighted by molar-refractivity contribution is -0.113. The summed E-state index contributed by atoms with van der Waals surface area (Å²) in [5, 5.41) is 2.64. The number of carbonyl (C=O) groups excluding carboxylic acids is 1. The number of fused-ring (bicyclic) bond motifs is 1. The van der Waals surface area contributed by atoms with Gasteiger partial charge in [-0.3, -0.25) is 4.79 Å². The third kappa shape index (κ3) is 4.70. The Kier molecular flexibility index (Phi) is 5.14. The zero-order valence-corrected chi connectivity index (χ0v) is 16.2. The van der Waals surface area contributed by atoms with E-state index in [9.17, 15) is 13.2 Å². The number of sulfone groups is 1. The molecule has 4 rings (SSSR count). The maximum atomic E-state index is 12.3. The SMILES string of the molecule is O=C(CS(=O)(=O)Cc1ccccc1)Nc1cccc(-c2nc3ccccc3o2)c1. The van der Waals surface area contributed by atoms with Gasteiger partial charge < -0.3 is 9.73 Å². The molecule has 0 aliphatic carbocycles. The Hall–Kier alpha value is -3.45. The van der Waals surface area contributed by atoms with Gasteiger partial charge in [-0.1, -0.05) is 48.5 Å². The average Bonchev–Trinajstić information content (AvgIpc) is 3.12. The first kappa shape index (κ1) is 18.9. The highest BCUT2D eigenvalue weighted by Crippen LogP contribution is 2.26. The molecule has 0 aliphatic rings. The Morgan fingerprint density at radius 3 is 2.48 bits per heavy atom. The van der Waals surface area contributed by atoms with Crippen molar-refractivity contribution in [3.05, 3.63) is 84.4 Å². The Bertz CT molecular complexity index is 1230. The summed E-state index contributed by atoms with van der Waals surface area (Å²) in [5.41, 5.74) is 3.22. The van der Waals surface area contributed by atoms with Crippen LogP contribution in [0.5, 0.6) is 0 Å². The van der Waals surface area contributed by atoms with Crippen LogP contribution < -0.4 is 5.32 Å². The molecule has 0 unspecified atom stereocenters. The van der Waals surface area contributed by atoms with Crippen molar-refractivity contribution in [2.45, 2.75) is 5.75 Å². The third-order valence-corrected chi connectivity index (χ3v) is 5.74. The predicted octanol–water partition coefficient (Wildman–Crippen LogP) is 4.05. The zero-order chi connectivity index (χ0) is 20.3. The summed E-state index contributed by atoms with van der Waals surface area (Å²) in [4.78, 5) is 16.7. The number of para-hydroxylation sites is 2. The van der Waals surface area contributed by atoms with Crippen LogP contribution in [0.25, 0.3) is 22.6 Å². The molecule has 0 atom stereocenters. The quantitative estimate of drug-likeness (QED) is 0.522. The Morgan fingerprint density at radius 1 is 0.931 bits per heavy atom. The molecule has 1 amide bonds. The molecule has 29 heavy (non-hydrogen) atoms. The van der Waals surface area contributed by atoms with Crippen LogP contribution in [0, 0.1) is 0 Å². The van der Waals surface area contributed by atoms with Crippen LogP contribution in [0.15, 0.2) is 83.3 Å². The van der Waals surface area contributed by atoms with Crippen LogP contribution in [0.2, 0.25) is 0 Å². The molecule has 0 aliphatic heterocycles. The first-order chi connectivity index (χ1) is 14.0. The highest BCUT2D eigenvalue weighted by molar-refractivity contribution is 7.91. The summed E-state index contributed by atoms with van der Waals surface area (Å²) < 4.78 is 30.3. The summed E-state index contributed by atoms with van der Waals surface area (Å²) >= 11 is 0. The summed E-state index contributed by atoms with van der Waals surface area (Å²) in [6.07, 6.45) is 0. The molecule has 4 aromatic rings. The molecule has 7 heteroatoms. The van der Waals surface area contributed by atoms with E-state index in [4.69, 9.17) is 4.42 Å². The van der Waals surface area contributed by atoms with Crippen molar-refractivity contribution < 1.29 is 17.6 Å². The molecule has 0 spiro atoms. The van der Waals surface area contributed by atoms with Gasteiger partial charge in [0.2, 0.25) is 11.8 Å². The van der Waals surface area contributed by atoms with E-state index in [0.717, 1.165) is 5.52 Å². The predicted molar refractivity (Wildman–Crippen MR) is 112 cm³/mol. The molecule has 0 saturated carbocycles. The van der Waals surface area contributed by atoms with E-state index in [1.54, 1.807) is 42.5 Å². The summed E-state index contributed by atoms with van der Waals surface area (Å²) in [6.45, 7) is 0. The lowest BCUT2D eigenvalue weighted by Gasteiger charge is -2.07. The van der Waals surface area contributed by atoms with Crippen LogP contribution >= 0.6 is 0 Å². The van der Waals surface area contributed by atoms with Gasteiger partial charge in [0.25, 0.3) is 0 Å². The van der Waals surface area contributed by atoms with Crippen molar-refractivity contribution >= 4 is 32.5 Å². The van der Waals surface area contributed by atoms with Gasteiger partial charge >= 0.3 is 0 Å². The van der Waals surface area contributed by atoms with E-state index in [1.165, 1.54) is 0 Å². The molecule has 6 nitrogen and oxygen atoms in total. The average molecular weight is 406 g/mol. The molecule has 1 aromatic heterocycles. The molecule has 1 N–H and O–H groups in total. The number of rotatable bonds is 6. The van der Waals surface area contributed by atoms with Crippen molar-refractivity contribution in [1.82, 2.24) is 4.98 Å². The van der Waals surface area contributed by atoms with Gasteiger partial charge in [-0.05, 0) is 35.9 Å². The van der Waals surface area contributed by atoms with Crippen LogP contribution in [0.1, 0.15) is 5.56 Å². The molecule has 1 heterocycles. The summed E-state index contributed by atoms with van der Waals surface area (Å²) in [7, 11) is -3.58. The number of carbonyl (C=O) groups is 1. The van der Waals surface area contributed by atoms with Gasteiger partial charge in [-0.15, -0.1) is 0 Å². The summed E-state index contributed by atoms with van der Waals surface area (Å²) in [5.74, 6) is -0.922. The van der Waals surface area contributed by atoms with E-state index in [1.807, 2.05) is 36.4 Å². The fourth-order valence-corrected chi connectivity index (χ4v) is 4.28. The number of aromatic nitrogens is 1. The number of hydrogen-bond acceptors (Lipinski definition) is 5. The Labute approximate surface area is 168 Å². The van der Waals surface area contributed by atoms with Gasteiger partial charge in [0, 0.05) is 11.3 Å². The van der Waals surface area contributed by atoms with Crippen molar-refractivity contribution in [1.29, 1.82) is 0 Å². The smallest absolute Gasteiger partial charge is 0.239 e. The second kappa shape index (κ2) is 7.89. The van der Waals surface area contributed by atoms with Crippen LogP contribution in [-0.2, 0) is 20.4 Å². The van der Waals surface area contributed by atoms with Crippen molar-refractivity contribution in [2.24, 2.45) is 0 Å². The van der Waals surface area contributed by atoms with Crippen LogP contribution in [-0.4, -0.2) is 25.1 Å². The van der Waals surface area contributed by atoms with E-state index in [2.05, 4.69) is 10.3 Å². The minimum absolute atomic E-state index is 0.176. The minimum Gasteiger partial charge on any atom is -0.436 e. The fraction of sp³-hybridized carbons (Fsp3) is 0.0909. The lowest BCUT2D eigenvalue weighted by atomic mass is 10.2. The van der Waals surface area contributed by atoms with Crippen molar-refractivity contribution in [3.63, 3.8) is 0 Å². The topological polar surface area (TPSA) is 89.3 Å². The number of anilines is 1. The van der Waals surface area contributed by atoms with E-state index < -0.39 is 21.5 Å². The molecular formula is C22H18N2O4S. The molecule has 0 fully saturated rings. The number of benzene rings is 3. The van der Waals surface area contributed by atoms with Gasteiger partial charge in [-0.25, -0.2) is 13.4 Å². The van der Waals surface area contributed by atoms with Crippen LogP contribution in [0.3, 0.4) is 0 Å². The molecular weight excluding hydrogens is 388 g/mol. The van der Waals surface area contributed by atoms with Crippen molar-refractivity contribution in [2.75, 3.05) is 11.1 Å². The Morgan fingerprint density at radius 2 is 1.69 bits per heavy atom. The molecule has 146 valence electrons. The highest BCUT2D eigenvalue weighted by Gasteiger charge is 2.18. The standard InChI is InChI=1S/C22H18N2O4S/c25-21(15-29(26,27)14-16-7-2-1-3-8-16)23-18-10-6-9-17(13-18)22-24-19-11-4-5-12-20(19)28-22/h1-13H,14-15H2,(H,23,25). The van der Waals surface area contributed by atoms with Gasteiger partial charge in [0.05, 0.1) is 5.75 Å². The number of hydrogen-bond donors (Lipinski definition) is 1. The molecule has 0 radical (unpaired) electrons. The number of nitrogens with zero attached hydrogens (tertiary/aromatic N) is 1. The molecule has 0 saturated heterocycles. The maximum Gasteiger partial charge on any atom is 0.239 e. The number of amides is 1. The van der Waals surface area contributed by atoms with Gasteiger partial charge in [0.15, 0.2) is 15.4 Å². The molecule has 0 bridgehead atoms. The van der Waals surface area contributed by atoms with E-state index in [-0.39, 0.29) is 5.75 Å². The monoisotopic (exact) mass is 406 g/mol. The highest BCUT2D eigenvalue weighted by atomic mass is 32.2. The largest absolute Gasteiger partial charge is 0.436 e. The van der Waals surface area contributed by atoms with Gasteiger partial charge in [0.1, 0.15) is 11.3 Å². The first-order valence-electron chi connectivity index (χ1n) is 8.99. The third-order valence-electron chi connectivity index (χ3n) is 4.27. The van der Waals surface area contributed by atoms with Gasteiger partial charge in [-0.2, -0.15) is 0 Å². The van der Waals surface area contributed by atoms with Crippen molar-refractivity contribution in [3.8, 4) is 11.5 Å². The van der Waals surface area contributed by atoms with E-state index >= 15 is 0 Å². The second-order valence-corrected chi connectivity index (χ2v) is 8.70. The lowest BCUT2D eigenvalue weighted by Crippen LogP contribution is -2.23. The minimum atomic E-state index is -3.58. The Balaban J connectivity index is 1.46. The number of nitrogens with one attached hydrogen (secondary N) is 1. The zero-order valence-electron chi connectivity index (χ0n) is 15.4.